The van der Waals surface area contributed by atoms with Crippen LogP contribution in [0.15, 0.2) is 30.3 Å². The minimum atomic E-state index is -3.55. The van der Waals surface area contributed by atoms with Gasteiger partial charge in [0.25, 0.3) is 10.1 Å². The van der Waals surface area contributed by atoms with E-state index in [4.69, 9.17) is 9.47 Å². The van der Waals surface area contributed by atoms with Crippen molar-refractivity contribution in [1.82, 2.24) is 5.32 Å². The lowest BCUT2D eigenvalue weighted by Crippen LogP contribution is -2.43. The smallest absolute Gasteiger partial charge is 0.408 e. The number of carbonyl (C=O) groups excluding carboxylic acids is 2. The van der Waals surface area contributed by atoms with E-state index in [1.807, 2.05) is 18.2 Å². The number of hydrogen-bond donors (Lipinski definition) is 1. The lowest BCUT2D eigenvalue weighted by atomic mass is 10.1. The Hall–Kier alpha value is -2.13. The van der Waals surface area contributed by atoms with Crippen molar-refractivity contribution in [2.45, 2.75) is 45.4 Å². The Bertz CT molecular complexity index is 674. The molecule has 0 spiro atoms. The van der Waals surface area contributed by atoms with E-state index >= 15 is 0 Å². The second-order valence-electron chi connectivity index (χ2n) is 5.91. The van der Waals surface area contributed by atoms with Crippen LogP contribution in [0.5, 0.6) is 0 Å². The highest BCUT2D eigenvalue weighted by atomic mass is 32.2. The molecule has 8 nitrogen and oxygen atoms in total. The molecule has 0 saturated carbocycles. The number of esters is 1. The maximum absolute atomic E-state index is 12.1. The summed E-state index contributed by atoms with van der Waals surface area (Å²) < 4.78 is 36.7. The van der Waals surface area contributed by atoms with Crippen LogP contribution >= 0.6 is 0 Å². The molecule has 1 N–H and O–H groups in total. The molecule has 0 saturated heterocycles. The predicted molar refractivity (Wildman–Crippen MR) is 94.8 cm³/mol. The molecule has 1 aromatic carbocycles. The summed E-state index contributed by atoms with van der Waals surface area (Å²) >= 11 is 0. The number of alkyl carbamates (subject to hydrolysis) is 1. The highest BCUT2D eigenvalue weighted by Gasteiger charge is 2.23. The van der Waals surface area contributed by atoms with Crippen molar-refractivity contribution in [3.63, 3.8) is 0 Å². The van der Waals surface area contributed by atoms with E-state index in [0.29, 0.717) is 0 Å². The lowest BCUT2D eigenvalue weighted by Gasteiger charge is -2.19. The van der Waals surface area contributed by atoms with Gasteiger partial charge in [0.05, 0.1) is 19.0 Å². The van der Waals surface area contributed by atoms with Crippen LogP contribution in [-0.2, 0) is 35.2 Å². The van der Waals surface area contributed by atoms with Gasteiger partial charge in [-0.25, -0.2) is 9.59 Å². The zero-order valence-electron chi connectivity index (χ0n) is 15.1. The van der Waals surface area contributed by atoms with Crippen LogP contribution in [0, 0.1) is 0 Å². The molecule has 146 valence electrons. The SMILES string of the molecule is CC(C)OC(=O)[C@H](CCCOS(C)(=O)=O)NC(=O)OCc1ccccc1. The number of amides is 1. The quantitative estimate of drug-likeness (QED) is 0.371. The summed E-state index contributed by atoms with van der Waals surface area (Å²) in [5, 5.41) is 2.45. The van der Waals surface area contributed by atoms with E-state index in [1.165, 1.54) is 0 Å². The fraction of sp³-hybridized carbons (Fsp3) is 0.529. The van der Waals surface area contributed by atoms with E-state index < -0.39 is 28.2 Å². The first kappa shape index (κ1) is 21.9. The highest BCUT2D eigenvalue weighted by Crippen LogP contribution is 2.06. The van der Waals surface area contributed by atoms with Crippen molar-refractivity contribution in [2.24, 2.45) is 0 Å². The number of hydrogen-bond acceptors (Lipinski definition) is 7. The first-order chi connectivity index (χ1) is 12.2. The van der Waals surface area contributed by atoms with Crippen LogP contribution in [0.4, 0.5) is 4.79 Å². The van der Waals surface area contributed by atoms with Crippen LogP contribution in [0.25, 0.3) is 0 Å². The van der Waals surface area contributed by atoms with Crippen molar-refractivity contribution in [1.29, 1.82) is 0 Å². The van der Waals surface area contributed by atoms with Crippen molar-refractivity contribution in [3.05, 3.63) is 35.9 Å². The van der Waals surface area contributed by atoms with Gasteiger partial charge in [0, 0.05) is 0 Å². The number of ether oxygens (including phenoxy) is 2. The maximum Gasteiger partial charge on any atom is 0.408 e. The van der Waals surface area contributed by atoms with Gasteiger partial charge in [0.2, 0.25) is 0 Å². The van der Waals surface area contributed by atoms with Gasteiger partial charge in [-0.1, -0.05) is 30.3 Å². The Morgan fingerprint density at radius 1 is 1.15 bits per heavy atom. The molecular weight excluding hydrogens is 362 g/mol. The predicted octanol–water partition coefficient (Wildman–Crippen LogP) is 1.99. The summed E-state index contributed by atoms with van der Waals surface area (Å²) in [5.41, 5.74) is 0.811. The number of carbonyl (C=O) groups is 2. The third kappa shape index (κ3) is 10.00. The second kappa shape index (κ2) is 10.8. The zero-order chi connectivity index (χ0) is 19.6. The molecule has 1 amide bonds. The van der Waals surface area contributed by atoms with Crippen molar-refractivity contribution in [2.75, 3.05) is 12.9 Å². The number of benzene rings is 1. The summed E-state index contributed by atoms with van der Waals surface area (Å²) in [6, 6.07) is 8.15. The van der Waals surface area contributed by atoms with Gasteiger partial charge in [-0.15, -0.1) is 0 Å². The van der Waals surface area contributed by atoms with Crippen LogP contribution in [-0.4, -0.2) is 45.5 Å². The summed E-state index contributed by atoms with van der Waals surface area (Å²) in [7, 11) is -3.55. The fourth-order valence-electron chi connectivity index (χ4n) is 1.97. The Kier molecular flexibility index (Phi) is 9.08. The first-order valence-electron chi connectivity index (χ1n) is 8.19. The summed E-state index contributed by atoms with van der Waals surface area (Å²) in [6.45, 7) is 3.35. The molecule has 0 unspecified atom stereocenters. The third-order valence-corrected chi connectivity index (χ3v) is 3.67. The number of nitrogens with one attached hydrogen (secondary N) is 1. The second-order valence-corrected chi connectivity index (χ2v) is 7.56. The third-order valence-electron chi connectivity index (χ3n) is 3.08. The van der Waals surface area contributed by atoms with Gasteiger partial charge < -0.3 is 14.8 Å². The van der Waals surface area contributed by atoms with Crippen LogP contribution in [0.3, 0.4) is 0 Å². The molecule has 0 aliphatic rings. The standard InChI is InChI=1S/C17H25NO7S/c1-13(2)25-16(19)15(10-7-11-24-26(3,21)22)18-17(20)23-12-14-8-5-4-6-9-14/h4-6,8-9,13,15H,7,10-12H2,1-3H3,(H,18,20)/t15-/m0/s1. The molecular formula is C17H25NO7S. The van der Waals surface area contributed by atoms with Crippen LogP contribution in [0.2, 0.25) is 0 Å². The van der Waals surface area contributed by atoms with Gasteiger partial charge in [0.1, 0.15) is 12.6 Å². The molecule has 1 aromatic rings. The normalized spacial score (nSPS) is 12.5. The average molecular weight is 387 g/mol. The molecule has 9 heteroatoms. The minimum absolute atomic E-state index is 0.0653. The molecule has 0 aliphatic heterocycles. The molecule has 1 rings (SSSR count). The van der Waals surface area contributed by atoms with Gasteiger partial charge >= 0.3 is 12.1 Å². The Labute approximate surface area is 153 Å². The van der Waals surface area contributed by atoms with Gasteiger partial charge in [-0.3, -0.25) is 4.18 Å². The fourth-order valence-corrected chi connectivity index (χ4v) is 2.39. The molecule has 1 atom stereocenters. The van der Waals surface area contributed by atoms with Crippen LogP contribution < -0.4 is 5.32 Å². The molecule has 0 fully saturated rings. The first-order valence-corrected chi connectivity index (χ1v) is 10.0. The molecule has 0 aromatic heterocycles. The van der Waals surface area contributed by atoms with E-state index in [-0.39, 0.29) is 32.2 Å². The molecule has 0 bridgehead atoms. The average Bonchev–Trinajstić information content (AvgIpc) is 2.55. The van der Waals surface area contributed by atoms with E-state index in [2.05, 4.69) is 9.50 Å². The molecule has 0 aliphatic carbocycles. The topological polar surface area (TPSA) is 108 Å². The Balaban J connectivity index is 2.53. The maximum atomic E-state index is 12.1. The van der Waals surface area contributed by atoms with Crippen molar-refractivity contribution in [3.8, 4) is 0 Å². The monoisotopic (exact) mass is 387 g/mol. The van der Waals surface area contributed by atoms with Gasteiger partial charge in [0.15, 0.2) is 0 Å². The van der Waals surface area contributed by atoms with Crippen LogP contribution in [0.1, 0.15) is 32.3 Å². The Morgan fingerprint density at radius 2 is 1.81 bits per heavy atom. The van der Waals surface area contributed by atoms with Gasteiger partial charge in [-0.2, -0.15) is 8.42 Å². The molecule has 26 heavy (non-hydrogen) atoms. The van der Waals surface area contributed by atoms with Crippen molar-refractivity contribution < 1.29 is 31.7 Å². The molecule has 0 heterocycles. The summed E-state index contributed by atoms with van der Waals surface area (Å²) in [6.07, 6.45) is 0.227. The zero-order valence-corrected chi connectivity index (χ0v) is 16.0. The van der Waals surface area contributed by atoms with E-state index in [0.717, 1.165) is 11.8 Å². The largest absolute Gasteiger partial charge is 0.461 e. The molecule has 0 radical (unpaired) electrons. The lowest BCUT2D eigenvalue weighted by molar-refractivity contribution is -0.150. The Morgan fingerprint density at radius 3 is 2.38 bits per heavy atom. The van der Waals surface area contributed by atoms with Crippen molar-refractivity contribution >= 4 is 22.2 Å². The van der Waals surface area contributed by atoms with E-state index in [9.17, 15) is 18.0 Å². The summed E-state index contributed by atoms with van der Waals surface area (Å²) in [5.74, 6) is -0.615. The van der Waals surface area contributed by atoms with E-state index in [1.54, 1.807) is 26.0 Å². The number of rotatable bonds is 10. The van der Waals surface area contributed by atoms with Gasteiger partial charge in [-0.05, 0) is 32.3 Å². The highest BCUT2D eigenvalue weighted by molar-refractivity contribution is 7.85. The summed E-state index contributed by atoms with van der Waals surface area (Å²) in [4.78, 5) is 24.0. The minimum Gasteiger partial charge on any atom is -0.461 e.